The first-order valence-electron chi connectivity index (χ1n) is 13.2. The van der Waals surface area contributed by atoms with E-state index in [1.165, 1.54) is 0 Å². The number of hydrogen-bond donors (Lipinski definition) is 3. The molecule has 3 aromatic carbocycles. The maximum atomic E-state index is 12.2. The van der Waals surface area contributed by atoms with Gasteiger partial charge >= 0.3 is 6.09 Å². The fourth-order valence-corrected chi connectivity index (χ4v) is 5.53. The molecule has 14 heteroatoms. The van der Waals surface area contributed by atoms with Crippen LogP contribution in [0.25, 0.3) is 11.1 Å². The van der Waals surface area contributed by atoms with E-state index in [2.05, 4.69) is 34.2 Å². The van der Waals surface area contributed by atoms with E-state index in [1.54, 1.807) is 0 Å². The van der Waals surface area contributed by atoms with E-state index in [-0.39, 0.29) is 31.3 Å². The minimum atomic E-state index is -3.96. The number of ether oxygens (including phenoxy) is 1. The Bertz CT molecular complexity index is 1520. The van der Waals surface area contributed by atoms with E-state index in [1.807, 2.05) is 84.4 Å². The zero-order valence-electron chi connectivity index (χ0n) is 23.3. The second kappa shape index (κ2) is 17.2. The van der Waals surface area contributed by atoms with Crippen LogP contribution in [0.3, 0.4) is 0 Å². The van der Waals surface area contributed by atoms with Crippen LogP contribution in [0, 0.1) is 6.92 Å². The lowest BCUT2D eigenvalue weighted by Crippen LogP contribution is -2.41. The molecule has 0 radical (unpaired) electrons. The van der Waals surface area contributed by atoms with Gasteiger partial charge in [0.05, 0.1) is 5.75 Å². The molecule has 3 aromatic rings. The minimum absolute atomic E-state index is 0.00103. The molecule has 0 heterocycles. The van der Waals surface area contributed by atoms with E-state index in [4.69, 9.17) is 4.74 Å². The molecule has 0 saturated carbocycles. The molecule has 9 nitrogen and oxygen atoms in total. The monoisotopic (exact) mass is 675 g/mol. The van der Waals surface area contributed by atoms with Crippen LogP contribution in [0.15, 0.2) is 72.8 Å². The molecule has 0 spiro atoms. The summed E-state index contributed by atoms with van der Waals surface area (Å²) in [6.45, 7) is 1.84. The van der Waals surface area contributed by atoms with Gasteiger partial charge < -0.3 is 15.4 Å². The Kier molecular flexibility index (Phi) is 13.8. The Labute approximate surface area is 264 Å². The van der Waals surface area contributed by atoms with Crippen molar-refractivity contribution >= 4 is 65.6 Å². The van der Waals surface area contributed by atoms with Crippen LogP contribution >= 0.6 is 14.1 Å². The Balaban J connectivity index is 0.00000119. The number of rotatable bonds is 12. The highest BCUT2D eigenvalue weighted by atomic mass is 32.7. The summed E-state index contributed by atoms with van der Waals surface area (Å²) in [7, 11) is -2.22. The minimum Gasteiger partial charge on any atom is -0.449 e. The van der Waals surface area contributed by atoms with Gasteiger partial charge in [0, 0.05) is 33.0 Å². The summed E-state index contributed by atoms with van der Waals surface area (Å²) >= 11 is 8.82. The van der Waals surface area contributed by atoms with E-state index in [0.29, 0.717) is 6.54 Å². The number of carbonyl (C=O) groups excluding carboxylic acids is 3. The summed E-state index contributed by atoms with van der Waals surface area (Å²) < 4.78 is 31.7. The quantitative estimate of drug-likeness (QED) is 0.227. The number of nitrogens with one attached hydrogen (secondary N) is 3. The SMILES string of the molecule is Cc1ccc(CNC(=O)CCCS(=O)(=O)NC(=O)CNC(=O)OCC2c3ccccc3-c3ccccc32)cc1.S=PP=S. The fourth-order valence-electron chi connectivity index (χ4n) is 4.48. The average Bonchev–Trinajstić information content (AvgIpc) is 3.32. The number of amides is 3. The van der Waals surface area contributed by atoms with Gasteiger partial charge in [-0.3, -0.25) is 14.3 Å². The summed E-state index contributed by atoms with van der Waals surface area (Å²) in [4.78, 5) is 36.3. The van der Waals surface area contributed by atoms with Gasteiger partial charge in [-0.25, -0.2) is 13.2 Å². The Morgan fingerprint density at radius 1 is 0.837 bits per heavy atom. The molecule has 1 aliphatic carbocycles. The smallest absolute Gasteiger partial charge is 0.407 e. The van der Waals surface area contributed by atoms with Gasteiger partial charge in [0.1, 0.15) is 13.2 Å². The van der Waals surface area contributed by atoms with Crippen molar-refractivity contribution in [2.24, 2.45) is 0 Å². The molecule has 226 valence electrons. The third-order valence-electron chi connectivity index (χ3n) is 6.47. The molecule has 0 saturated heterocycles. The normalized spacial score (nSPS) is 11.9. The van der Waals surface area contributed by atoms with Crippen molar-refractivity contribution in [2.45, 2.75) is 32.2 Å². The third-order valence-corrected chi connectivity index (χ3v) is 10.5. The van der Waals surface area contributed by atoms with Gasteiger partial charge in [-0.05, 0) is 64.8 Å². The average molecular weight is 676 g/mol. The van der Waals surface area contributed by atoms with Crippen LogP contribution in [0.4, 0.5) is 4.79 Å². The first-order chi connectivity index (χ1) is 20.6. The predicted octanol–water partition coefficient (Wildman–Crippen LogP) is 5.09. The summed E-state index contributed by atoms with van der Waals surface area (Å²) in [6.07, 6.45) is -0.782. The van der Waals surface area contributed by atoms with Crippen LogP contribution in [0.2, 0.25) is 0 Å². The standard InChI is InChI=1S/C29H31N3O6S.P2S2/c1-20-12-14-21(15-13-20)17-30-27(33)11-6-16-39(36,37)32-28(34)18-31-29(35)38-19-26-24-9-4-2-7-22(24)23-8-3-5-10-25(23)26;3-1-2-4/h2-5,7-10,12-15,26H,6,11,16-19H2,1H3,(H,30,33)(H,31,35)(H,32,34);. The lowest BCUT2D eigenvalue weighted by atomic mass is 9.98. The van der Waals surface area contributed by atoms with E-state index >= 15 is 0 Å². The maximum Gasteiger partial charge on any atom is 0.407 e. The van der Waals surface area contributed by atoms with Gasteiger partial charge in [0.25, 0.3) is 5.91 Å². The first kappa shape index (κ1) is 34.4. The number of alkyl carbamates (subject to hydrolysis) is 1. The van der Waals surface area contributed by atoms with Crippen LogP contribution in [-0.4, -0.2) is 45.2 Å². The third kappa shape index (κ3) is 11.1. The number of hydrogen-bond acceptors (Lipinski definition) is 8. The van der Waals surface area contributed by atoms with Crippen molar-refractivity contribution in [1.82, 2.24) is 15.4 Å². The number of benzene rings is 3. The maximum absolute atomic E-state index is 12.2. The molecule has 4 rings (SSSR count). The zero-order valence-corrected chi connectivity index (χ0v) is 27.6. The summed E-state index contributed by atoms with van der Waals surface area (Å²) in [6, 6.07) is 23.5. The van der Waals surface area contributed by atoms with Gasteiger partial charge in [-0.2, -0.15) is 0 Å². The molecule has 0 aromatic heterocycles. The second-order valence-electron chi connectivity index (χ2n) is 9.55. The number of sulfonamides is 1. The zero-order chi connectivity index (χ0) is 31.2. The summed E-state index contributed by atoms with van der Waals surface area (Å²) in [5.41, 5.74) is 6.35. The molecular weight excluding hydrogens is 644 g/mol. The lowest BCUT2D eigenvalue weighted by Gasteiger charge is -2.14. The Morgan fingerprint density at radius 2 is 1.42 bits per heavy atom. The van der Waals surface area contributed by atoms with Crippen molar-refractivity contribution in [3.63, 3.8) is 0 Å². The second-order valence-corrected chi connectivity index (χ2v) is 15.6. The lowest BCUT2D eigenvalue weighted by molar-refractivity contribution is -0.121. The van der Waals surface area contributed by atoms with E-state index in [9.17, 15) is 22.8 Å². The van der Waals surface area contributed by atoms with E-state index in [0.717, 1.165) is 47.5 Å². The molecule has 1 aliphatic rings. The largest absolute Gasteiger partial charge is 0.449 e. The summed E-state index contributed by atoms with van der Waals surface area (Å²) in [5, 5.41) is 5.02. The van der Waals surface area contributed by atoms with Crippen LogP contribution in [0.5, 0.6) is 0 Å². The molecule has 0 bridgehead atoms. The van der Waals surface area contributed by atoms with Gasteiger partial charge in [-0.1, -0.05) is 78.4 Å². The van der Waals surface area contributed by atoms with Crippen LogP contribution in [0.1, 0.15) is 41.0 Å². The van der Waals surface area contributed by atoms with Crippen molar-refractivity contribution in [2.75, 3.05) is 18.9 Å². The molecule has 0 aliphatic heterocycles. The Hall–Kier alpha value is -3.14. The van der Waals surface area contributed by atoms with Crippen molar-refractivity contribution in [3.05, 3.63) is 95.1 Å². The molecule has 0 unspecified atom stereocenters. The van der Waals surface area contributed by atoms with Crippen LogP contribution < -0.4 is 15.4 Å². The molecular formula is C29H31N3O6P2S3. The molecule has 3 amide bonds. The Morgan fingerprint density at radius 3 is 2.00 bits per heavy atom. The molecule has 0 fully saturated rings. The number of fused-ring (bicyclic) bond motifs is 3. The molecule has 3 N–H and O–H groups in total. The topological polar surface area (TPSA) is 131 Å². The fraction of sp³-hybridized carbons (Fsp3) is 0.276. The van der Waals surface area contributed by atoms with E-state index < -0.39 is 34.3 Å². The molecule has 0 atom stereocenters. The van der Waals surface area contributed by atoms with Crippen molar-refractivity contribution in [1.29, 1.82) is 0 Å². The number of carbonyl (C=O) groups is 3. The highest BCUT2D eigenvalue weighted by Crippen LogP contribution is 2.44. The van der Waals surface area contributed by atoms with Gasteiger partial charge in [-0.15, -0.1) is 0 Å². The molecule has 43 heavy (non-hydrogen) atoms. The van der Waals surface area contributed by atoms with Crippen LogP contribution in [-0.2, 0) is 54.5 Å². The predicted molar refractivity (Wildman–Crippen MR) is 176 cm³/mol. The highest BCUT2D eigenvalue weighted by molar-refractivity contribution is 8.40. The van der Waals surface area contributed by atoms with Gasteiger partial charge in [0.15, 0.2) is 0 Å². The van der Waals surface area contributed by atoms with Gasteiger partial charge in [0.2, 0.25) is 15.9 Å². The number of aryl methyl sites for hydroxylation is 1. The highest BCUT2D eigenvalue weighted by Gasteiger charge is 2.29. The summed E-state index contributed by atoms with van der Waals surface area (Å²) in [5.74, 6) is -1.71. The van der Waals surface area contributed by atoms with Crippen molar-refractivity contribution in [3.8, 4) is 11.1 Å². The first-order valence-corrected chi connectivity index (χ1v) is 19.4. The van der Waals surface area contributed by atoms with Crippen molar-refractivity contribution < 1.29 is 27.5 Å².